The van der Waals surface area contributed by atoms with E-state index in [1.165, 1.54) is 29.2 Å². The molecular weight excluding hydrogens is 458 g/mol. The Morgan fingerprint density at radius 3 is 2.32 bits per heavy atom. The lowest BCUT2D eigenvalue weighted by Gasteiger charge is -2.18. The third-order valence-corrected chi connectivity index (χ3v) is 6.99. The summed E-state index contributed by atoms with van der Waals surface area (Å²) in [5.41, 5.74) is 2.18. The number of carbonyl (C=O) groups is 2. The zero-order valence-corrected chi connectivity index (χ0v) is 20.5. The van der Waals surface area contributed by atoms with E-state index in [1.54, 1.807) is 7.05 Å². The first kappa shape index (κ1) is 25.7. The molecule has 1 saturated heterocycles. The minimum atomic E-state index is -3.71. The summed E-state index contributed by atoms with van der Waals surface area (Å²) in [5.74, 6) is -1.05. The number of nitrogens with one attached hydrogen (secondary N) is 1. The number of ether oxygens (including phenoxy) is 2. The van der Waals surface area contributed by atoms with Gasteiger partial charge in [-0.25, -0.2) is 17.9 Å². The normalized spacial score (nSPS) is 15.7. The predicted molar refractivity (Wildman–Crippen MR) is 128 cm³/mol. The van der Waals surface area contributed by atoms with Crippen LogP contribution in [0.15, 0.2) is 53.4 Å². The summed E-state index contributed by atoms with van der Waals surface area (Å²) < 4.78 is 37.9. The Hall–Kier alpha value is -2.95. The van der Waals surface area contributed by atoms with E-state index in [9.17, 15) is 18.0 Å². The highest BCUT2D eigenvalue weighted by atomic mass is 32.2. The lowest BCUT2D eigenvalue weighted by molar-refractivity contribution is -0.133. The van der Waals surface area contributed by atoms with Gasteiger partial charge in [-0.05, 0) is 54.8 Å². The number of anilines is 1. The van der Waals surface area contributed by atoms with E-state index >= 15 is 0 Å². The number of carbonyl (C=O) groups excluding carboxylic acids is 2. The topological polar surface area (TPSA) is 105 Å². The number of esters is 1. The summed E-state index contributed by atoms with van der Waals surface area (Å²) in [6.07, 6.45) is 1.63. The van der Waals surface area contributed by atoms with Gasteiger partial charge in [0, 0.05) is 46.5 Å². The van der Waals surface area contributed by atoms with Crippen molar-refractivity contribution in [1.82, 2.24) is 9.62 Å². The Morgan fingerprint density at radius 1 is 1.06 bits per heavy atom. The molecule has 0 aliphatic carbocycles. The molecule has 0 radical (unpaired) electrons. The van der Waals surface area contributed by atoms with Gasteiger partial charge in [-0.1, -0.05) is 12.1 Å². The molecule has 1 aliphatic heterocycles. The molecule has 0 saturated carbocycles. The number of sulfonamides is 1. The van der Waals surface area contributed by atoms with Crippen LogP contribution in [-0.2, 0) is 30.8 Å². The molecule has 1 fully saturated rings. The lowest BCUT2D eigenvalue weighted by atomic mass is 10.2. The first-order valence-corrected chi connectivity index (χ1v) is 12.5. The molecule has 0 aromatic heterocycles. The van der Waals surface area contributed by atoms with Gasteiger partial charge in [-0.15, -0.1) is 0 Å². The van der Waals surface area contributed by atoms with Crippen LogP contribution in [0.4, 0.5) is 5.69 Å². The molecule has 10 heteroatoms. The molecular formula is C24H31N3O6S. The first-order valence-electron chi connectivity index (χ1n) is 11.0. The standard InChI is InChI=1S/C24H31N3O6S/c1-26(2)20-10-6-18(7-11-20)16-27(3)23(28)17-33-24(29)19-8-12-22(13-9-19)34(30,31)25-15-21-5-4-14-32-21/h6-13,21,25H,4-5,14-17H2,1-3H3. The van der Waals surface area contributed by atoms with E-state index < -0.39 is 22.6 Å². The second-order valence-corrected chi connectivity index (χ2v) is 10.2. The van der Waals surface area contributed by atoms with E-state index in [4.69, 9.17) is 9.47 Å². The quantitative estimate of drug-likeness (QED) is 0.509. The summed E-state index contributed by atoms with van der Waals surface area (Å²) >= 11 is 0. The molecule has 0 bridgehead atoms. The maximum Gasteiger partial charge on any atom is 0.338 e. The van der Waals surface area contributed by atoms with E-state index in [1.807, 2.05) is 43.3 Å². The highest BCUT2D eigenvalue weighted by Crippen LogP contribution is 2.15. The highest BCUT2D eigenvalue weighted by molar-refractivity contribution is 7.89. The van der Waals surface area contributed by atoms with Crippen molar-refractivity contribution in [3.05, 3.63) is 59.7 Å². The van der Waals surface area contributed by atoms with E-state index in [-0.39, 0.29) is 29.0 Å². The van der Waals surface area contributed by atoms with Gasteiger partial charge < -0.3 is 19.3 Å². The Balaban J connectivity index is 1.48. The second-order valence-electron chi connectivity index (χ2n) is 8.40. The van der Waals surface area contributed by atoms with Crippen molar-refractivity contribution >= 4 is 27.6 Å². The van der Waals surface area contributed by atoms with E-state index in [2.05, 4.69) is 4.72 Å². The van der Waals surface area contributed by atoms with Gasteiger partial charge in [0.05, 0.1) is 16.6 Å². The molecule has 9 nitrogen and oxygen atoms in total. The summed E-state index contributed by atoms with van der Waals surface area (Å²) in [7, 11) is 1.83. The van der Waals surface area contributed by atoms with E-state index in [0.717, 1.165) is 24.1 Å². The van der Waals surface area contributed by atoms with Crippen molar-refractivity contribution in [1.29, 1.82) is 0 Å². The molecule has 1 heterocycles. The molecule has 1 N–H and O–H groups in total. The van der Waals surface area contributed by atoms with E-state index in [0.29, 0.717) is 13.2 Å². The van der Waals surface area contributed by atoms with Gasteiger partial charge in [-0.3, -0.25) is 4.79 Å². The predicted octanol–water partition coefficient (Wildman–Crippen LogP) is 2.03. The smallest absolute Gasteiger partial charge is 0.338 e. The first-order chi connectivity index (χ1) is 16.2. The number of hydrogen-bond acceptors (Lipinski definition) is 7. The largest absolute Gasteiger partial charge is 0.452 e. The van der Waals surface area contributed by atoms with Crippen LogP contribution in [0.1, 0.15) is 28.8 Å². The minimum Gasteiger partial charge on any atom is -0.452 e. The molecule has 1 unspecified atom stereocenters. The van der Waals surface area contributed by atoms with Crippen LogP contribution in [0.2, 0.25) is 0 Å². The second kappa shape index (κ2) is 11.5. The molecule has 3 rings (SSSR count). The number of likely N-dealkylation sites (N-methyl/N-ethyl adjacent to an activating group) is 1. The van der Waals surface area contributed by atoms with Gasteiger partial charge in [0.25, 0.3) is 5.91 Å². The van der Waals surface area contributed by atoms with Crippen molar-refractivity contribution in [3.63, 3.8) is 0 Å². The van der Waals surface area contributed by atoms with Crippen molar-refractivity contribution in [2.24, 2.45) is 0 Å². The molecule has 2 aromatic rings. The van der Waals surface area contributed by atoms with Gasteiger partial charge in [0.1, 0.15) is 0 Å². The average Bonchev–Trinajstić information content (AvgIpc) is 3.35. The average molecular weight is 490 g/mol. The Kier molecular flexibility index (Phi) is 8.65. The summed E-state index contributed by atoms with van der Waals surface area (Å²) in [5, 5.41) is 0. The highest BCUT2D eigenvalue weighted by Gasteiger charge is 2.21. The number of hydrogen-bond donors (Lipinski definition) is 1. The molecule has 1 aliphatic rings. The fourth-order valence-electron chi connectivity index (χ4n) is 3.44. The van der Waals surface area contributed by atoms with Crippen molar-refractivity contribution in [2.75, 3.05) is 45.8 Å². The summed E-state index contributed by atoms with van der Waals surface area (Å²) in [6.45, 7) is 0.830. The number of amides is 1. The van der Waals surface area contributed by atoms with Gasteiger partial charge in [0.15, 0.2) is 6.61 Å². The van der Waals surface area contributed by atoms with Crippen LogP contribution in [0.25, 0.3) is 0 Å². The van der Waals surface area contributed by atoms with Gasteiger partial charge >= 0.3 is 5.97 Å². The number of nitrogens with zero attached hydrogens (tertiary/aromatic N) is 2. The molecule has 1 atom stereocenters. The Bertz CT molecular complexity index is 1080. The van der Waals surface area contributed by atoms with Crippen LogP contribution in [0, 0.1) is 0 Å². The minimum absolute atomic E-state index is 0.0399. The molecule has 0 spiro atoms. The number of benzene rings is 2. The lowest BCUT2D eigenvalue weighted by Crippen LogP contribution is -2.32. The van der Waals surface area contributed by atoms with Gasteiger partial charge in [0.2, 0.25) is 10.0 Å². The van der Waals surface area contributed by atoms with Crippen molar-refractivity contribution in [2.45, 2.75) is 30.4 Å². The number of rotatable bonds is 10. The summed E-state index contributed by atoms with van der Waals surface area (Å²) in [6, 6.07) is 13.2. The van der Waals surface area contributed by atoms with Crippen LogP contribution in [-0.4, -0.2) is 72.2 Å². The van der Waals surface area contributed by atoms with Crippen molar-refractivity contribution < 1.29 is 27.5 Å². The fraction of sp³-hybridized carbons (Fsp3) is 0.417. The maximum absolute atomic E-state index is 12.4. The zero-order valence-electron chi connectivity index (χ0n) is 19.7. The Morgan fingerprint density at radius 2 is 1.74 bits per heavy atom. The molecule has 1 amide bonds. The monoisotopic (exact) mass is 489 g/mol. The SMILES string of the molecule is CN(Cc1ccc(N(C)C)cc1)C(=O)COC(=O)c1ccc(S(=O)(=O)NCC2CCCO2)cc1. The third kappa shape index (κ3) is 7.02. The summed E-state index contributed by atoms with van der Waals surface area (Å²) in [4.78, 5) is 28.2. The van der Waals surface area contributed by atoms with Crippen LogP contribution in [0.3, 0.4) is 0 Å². The maximum atomic E-state index is 12.4. The van der Waals surface area contributed by atoms with Crippen LogP contribution in [0.5, 0.6) is 0 Å². The molecule has 34 heavy (non-hydrogen) atoms. The Labute approximate surface area is 200 Å². The molecule has 2 aromatic carbocycles. The fourth-order valence-corrected chi connectivity index (χ4v) is 4.51. The van der Waals surface area contributed by atoms with Crippen LogP contribution >= 0.6 is 0 Å². The third-order valence-electron chi connectivity index (χ3n) is 5.55. The zero-order chi connectivity index (χ0) is 24.7. The molecule has 184 valence electrons. The van der Waals surface area contributed by atoms with Crippen LogP contribution < -0.4 is 9.62 Å². The van der Waals surface area contributed by atoms with Gasteiger partial charge in [-0.2, -0.15) is 0 Å². The van der Waals surface area contributed by atoms with Crippen molar-refractivity contribution in [3.8, 4) is 0 Å².